The lowest BCUT2D eigenvalue weighted by Crippen LogP contribution is -2.56. The minimum Gasteiger partial charge on any atom is -0.318 e. The van der Waals surface area contributed by atoms with Gasteiger partial charge in [0.25, 0.3) is 0 Å². The molecule has 0 bridgehead atoms. The number of rotatable bonds is 2. The molecule has 0 radical (unpaired) electrons. The van der Waals surface area contributed by atoms with Gasteiger partial charge in [0.15, 0.2) is 6.29 Å². The van der Waals surface area contributed by atoms with Crippen LogP contribution in [0.3, 0.4) is 0 Å². The first kappa shape index (κ1) is 14.3. The normalized spacial score (nSPS) is 20.2. The molecule has 0 aromatic carbocycles. The second-order valence-electron chi connectivity index (χ2n) is 5.51. The van der Waals surface area contributed by atoms with Crippen molar-refractivity contribution in [2.75, 3.05) is 6.54 Å². The number of aryl methyl sites for hydroxylation is 2. The Balaban J connectivity index is 2.27. The molecule has 1 atom stereocenters. The van der Waals surface area contributed by atoms with E-state index in [-0.39, 0.29) is 10.2 Å². The van der Waals surface area contributed by atoms with Crippen molar-refractivity contribution in [2.45, 2.75) is 19.8 Å². The quantitative estimate of drug-likeness (QED) is 0.680. The summed E-state index contributed by atoms with van der Waals surface area (Å²) < 4.78 is -0.239. The molecule has 22 heavy (non-hydrogen) atoms. The number of aromatic nitrogens is 2. The highest BCUT2D eigenvalue weighted by Crippen LogP contribution is 2.38. The summed E-state index contributed by atoms with van der Waals surface area (Å²) in [5, 5.41) is 0. The molecule has 3 rings (SSSR count). The molecule has 0 aliphatic carbocycles. The third-order valence-corrected chi connectivity index (χ3v) is 4.06. The zero-order valence-corrected chi connectivity index (χ0v) is 12.3. The highest BCUT2D eigenvalue weighted by Gasteiger charge is 2.46. The molecule has 1 unspecified atom stereocenters. The van der Waals surface area contributed by atoms with Gasteiger partial charge < -0.3 is 5.73 Å². The lowest BCUT2D eigenvalue weighted by atomic mass is 10.0. The summed E-state index contributed by atoms with van der Waals surface area (Å²) in [6, 6.07) is 6.66. The average Bonchev–Trinajstić information content (AvgIpc) is 2.54. The molecular formula is C16H17N4O2+. The number of carbonyl (C=O) groups is 2. The number of amides is 2. The maximum atomic E-state index is 12.4. The van der Waals surface area contributed by atoms with Crippen LogP contribution in [0.25, 0.3) is 0 Å². The van der Waals surface area contributed by atoms with E-state index in [2.05, 4.69) is 9.97 Å². The van der Waals surface area contributed by atoms with Gasteiger partial charge in [0, 0.05) is 24.2 Å². The number of nitrogens with zero attached hydrogens (tertiary/aromatic N) is 3. The van der Waals surface area contributed by atoms with E-state index in [1.807, 2.05) is 19.1 Å². The Morgan fingerprint density at radius 3 is 2.77 bits per heavy atom. The minimum atomic E-state index is -0.534. The number of carbonyl (C=O) groups excluding carboxylic acids is 2. The monoisotopic (exact) mass is 297 g/mol. The van der Waals surface area contributed by atoms with E-state index in [1.165, 1.54) is 0 Å². The molecule has 6 heteroatoms. The number of hydrogen-bond donors (Lipinski definition) is 1. The van der Waals surface area contributed by atoms with Crippen LogP contribution in [0.5, 0.6) is 0 Å². The fourth-order valence-electron chi connectivity index (χ4n) is 2.93. The Morgan fingerprint density at radius 2 is 2.14 bits per heavy atom. The van der Waals surface area contributed by atoms with Crippen LogP contribution in [0.15, 0.2) is 30.5 Å². The Bertz CT molecular complexity index is 742. The molecule has 0 fully saturated rings. The molecule has 6 nitrogen and oxygen atoms in total. The molecule has 112 valence electrons. The van der Waals surface area contributed by atoms with Gasteiger partial charge in [0.1, 0.15) is 12.2 Å². The smallest absolute Gasteiger partial charge is 0.318 e. The van der Waals surface area contributed by atoms with Gasteiger partial charge in [-0.05, 0) is 31.0 Å². The van der Waals surface area contributed by atoms with Crippen LogP contribution in [0.1, 0.15) is 28.0 Å². The fraction of sp³-hybridized carbons (Fsp3) is 0.250. The van der Waals surface area contributed by atoms with Gasteiger partial charge in [0.05, 0.1) is 0 Å². The van der Waals surface area contributed by atoms with E-state index in [1.54, 1.807) is 18.3 Å². The van der Waals surface area contributed by atoms with Gasteiger partial charge in [0.2, 0.25) is 11.6 Å². The van der Waals surface area contributed by atoms with Crippen LogP contribution in [-0.4, -0.2) is 28.8 Å². The number of fused-ring (bicyclic) bond motifs is 1. The van der Waals surface area contributed by atoms with Crippen LogP contribution in [0.2, 0.25) is 0 Å². The topological polar surface area (TPSA) is 85.9 Å². The van der Waals surface area contributed by atoms with Crippen molar-refractivity contribution in [2.24, 2.45) is 5.73 Å². The lowest BCUT2D eigenvalue weighted by molar-refractivity contribution is 0.111. The first-order valence-electron chi connectivity index (χ1n) is 7.15. The second-order valence-corrected chi connectivity index (χ2v) is 5.51. The molecule has 1 aliphatic heterocycles. The summed E-state index contributed by atoms with van der Waals surface area (Å²) >= 11 is 0. The maximum Gasteiger partial charge on any atom is 0.426 e. The van der Waals surface area contributed by atoms with Gasteiger partial charge in [-0.3, -0.25) is 4.79 Å². The van der Waals surface area contributed by atoms with Crippen LogP contribution in [0.4, 0.5) is 16.4 Å². The molecule has 2 aromatic heterocycles. The predicted octanol–water partition coefficient (Wildman–Crippen LogP) is 2.26. The number of quaternary nitrogens is 1. The highest BCUT2D eigenvalue weighted by molar-refractivity contribution is 5.92. The molecule has 1 aliphatic rings. The molecule has 2 aromatic rings. The number of hydrogen-bond acceptors (Lipinski definition) is 4. The number of urea groups is 1. The Labute approximate surface area is 128 Å². The Morgan fingerprint density at radius 1 is 1.32 bits per heavy atom. The van der Waals surface area contributed by atoms with Crippen molar-refractivity contribution in [1.82, 2.24) is 14.5 Å². The first-order valence-corrected chi connectivity index (χ1v) is 7.15. The highest BCUT2D eigenvalue weighted by atomic mass is 16.2. The maximum absolute atomic E-state index is 12.4. The largest absolute Gasteiger partial charge is 0.426 e. The van der Waals surface area contributed by atoms with Crippen molar-refractivity contribution in [3.63, 3.8) is 0 Å². The summed E-state index contributed by atoms with van der Waals surface area (Å²) in [7, 11) is 0. The van der Waals surface area contributed by atoms with Crippen LogP contribution >= 0.6 is 0 Å². The van der Waals surface area contributed by atoms with Crippen LogP contribution < -0.4 is 10.2 Å². The molecule has 0 saturated heterocycles. The summed E-state index contributed by atoms with van der Waals surface area (Å²) in [4.78, 5) is 32.2. The fourth-order valence-corrected chi connectivity index (χ4v) is 2.93. The SMILES string of the molecule is Cc1ccc([N+]2(C(N)=O)CCCc3ccc(C=O)nc32)nc1. The zero-order chi connectivity index (χ0) is 15.7. The van der Waals surface area contributed by atoms with Gasteiger partial charge in [-0.25, -0.2) is 9.78 Å². The van der Waals surface area contributed by atoms with Crippen molar-refractivity contribution in [1.29, 1.82) is 0 Å². The number of nitrogens with two attached hydrogens (primary N) is 1. The van der Waals surface area contributed by atoms with Gasteiger partial charge in [-0.2, -0.15) is 4.98 Å². The number of pyridine rings is 2. The summed E-state index contributed by atoms with van der Waals surface area (Å²) in [5.74, 6) is 1.05. The first-order chi connectivity index (χ1) is 10.6. The third-order valence-electron chi connectivity index (χ3n) is 4.06. The summed E-state index contributed by atoms with van der Waals surface area (Å²) in [6.45, 7) is 2.42. The molecule has 2 N–H and O–H groups in total. The van der Waals surface area contributed by atoms with Crippen molar-refractivity contribution in [3.8, 4) is 0 Å². The molecule has 0 spiro atoms. The average molecular weight is 297 g/mol. The third kappa shape index (κ3) is 2.08. The van der Waals surface area contributed by atoms with Gasteiger partial charge in [-0.1, -0.05) is 6.07 Å². The van der Waals surface area contributed by atoms with Crippen LogP contribution in [0, 0.1) is 6.92 Å². The zero-order valence-electron chi connectivity index (χ0n) is 12.3. The standard InChI is InChI=1S/C16H16N4O2/c1-11-4-7-14(18-9-11)20(16(17)22)8-2-3-12-5-6-13(10-21)19-15(12)20/h4-7,9-10H,2-3,8H2,1H3,(H-,17,22)/p+1. The van der Waals surface area contributed by atoms with E-state index in [0.29, 0.717) is 24.5 Å². The van der Waals surface area contributed by atoms with Crippen molar-refractivity contribution >= 4 is 24.0 Å². The van der Waals surface area contributed by atoms with Crippen molar-refractivity contribution < 1.29 is 9.59 Å². The molecule has 3 heterocycles. The Hall–Kier alpha value is -2.60. The molecular weight excluding hydrogens is 280 g/mol. The Kier molecular flexibility index (Phi) is 3.46. The summed E-state index contributed by atoms with van der Waals surface area (Å²) in [6.07, 6.45) is 3.98. The number of primary amides is 1. The molecule has 0 saturated carbocycles. The predicted molar refractivity (Wildman–Crippen MR) is 82.8 cm³/mol. The minimum absolute atomic E-state index is 0.239. The van der Waals surface area contributed by atoms with E-state index in [4.69, 9.17) is 5.73 Å². The number of aldehydes is 1. The van der Waals surface area contributed by atoms with E-state index < -0.39 is 6.03 Å². The molecule has 2 amide bonds. The van der Waals surface area contributed by atoms with Crippen molar-refractivity contribution in [3.05, 3.63) is 47.3 Å². The summed E-state index contributed by atoms with van der Waals surface area (Å²) in [5.41, 5.74) is 7.96. The second kappa shape index (κ2) is 5.31. The van der Waals surface area contributed by atoms with Gasteiger partial charge in [-0.15, -0.1) is 4.48 Å². The van der Waals surface area contributed by atoms with E-state index >= 15 is 0 Å². The van der Waals surface area contributed by atoms with Gasteiger partial charge >= 0.3 is 6.03 Å². The lowest BCUT2D eigenvalue weighted by Gasteiger charge is -2.35. The van der Waals surface area contributed by atoms with E-state index in [9.17, 15) is 9.59 Å². The van der Waals surface area contributed by atoms with E-state index in [0.717, 1.165) is 24.0 Å². The van der Waals surface area contributed by atoms with Crippen LogP contribution in [-0.2, 0) is 6.42 Å².